The first kappa shape index (κ1) is 24.5. The molecule has 0 spiro atoms. The molecule has 2 fully saturated rings. The molecule has 7 nitrogen and oxygen atoms in total. The van der Waals surface area contributed by atoms with Crippen LogP contribution < -0.4 is 5.32 Å². The summed E-state index contributed by atoms with van der Waals surface area (Å²) in [6.45, 7) is 6.89. The Morgan fingerprint density at radius 1 is 1.21 bits per heavy atom. The molecule has 2 aliphatic rings. The number of benzene rings is 1. The average Bonchev–Trinajstić information content (AvgIpc) is 3.49. The first-order valence-electron chi connectivity index (χ1n) is 12.2. The van der Waals surface area contributed by atoms with Crippen molar-refractivity contribution < 1.29 is 19.4 Å². The number of anilines is 1. The van der Waals surface area contributed by atoms with E-state index in [0.29, 0.717) is 31.0 Å². The molecule has 4 rings (SSSR count). The van der Waals surface area contributed by atoms with E-state index < -0.39 is 12.2 Å². The number of rotatable bonds is 5. The lowest BCUT2D eigenvalue weighted by Crippen LogP contribution is -2.52. The van der Waals surface area contributed by atoms with Crippen molar-refractivity contribution in [3.8, 4) is 10.6 Å². The molecule has 0 bridgehead atoms. The molecule has 2 N–H and O–H groups in total. The summed E-state index contributed by atoms with van der Waals surface area (Å²) in [6.07, 6.45) is 4.95. The van der Waals surface area contributed by atoms with E-state index in [9.17, 15) is 14.7 Å². The number of amides is 2. The molecule has 34 heavy (non-hydrogen) atoms. The van der Waals surface area contributed by atoms with Crippen LogP contribution in [0.4, 0.5) is 15.3 Å². The van der Waals surface area contributed by atoms with Gasteiger partial charge in [0.15, 0.2) is 0 Å². The first-order valence-corrected chi connectivity index (χ1v) is 13.1. The fourth-order valence-corrected chi connectivity index (χ4v) is 6.12. The van der Waals surface area contributed by atoms with Crippen molar-refractivity contribution in [2.45, 2.75) is 71.3 Å². The van der Waals surface area contributed by atoms with E-state index in [1.54, 1.807) is 11.3 Å². The second-order valence-electron chi connectivity index (χ2n) is 10.6. The standard InChI is InChI=1S/C26H35N3O4S/c1-26(2,3)22-14-17(12-13-29(22)25(31)32)15-33-24(30)28-20-11-7-6-10-19(20)23-27-21(16-34-23)18-8-4-5-9-18/h6-7,10-11,16-18,22H,4-5,8-9,12-15H2,1-3H3,(H,28,30)(H,31,32). The predicted molar refractivity (Wildman–Crippen MR) is 134 cm³/mol. The molecule has 1 aliphatic carbocycles. The van der Waals surface area contributed by atoms with Crippen LogP contribution in [0.3, 0.4) is 0 Å². The van der Waals surface area contributed by atoms with Crippen LogP contribution in [-0.2, 0) is 4.74 Å². The SMILES string of the molecule is CC(C)(C)C1CC(COC(=O)Nc2ccccc2-c2nc(C3CCCC3)cs2)CCN1C(=O)O. The first-order chi connectivity index (χ1) is 16.2. The van der Waals surface area contributed by atoms with E-state index in [2.05, 4.69) is 31.5 Å². The Hall–Kier alpha value is -2.61. The van der Waals surface area contributed by atoms with Gasteiger partial charge in [-0.3, -0.25) is 5.32 Å². The highest BCUT2D eigenvalue weighted by Gasteiger charge is 2.39. The van der Waals surface area contributed by atoms with Crippen LogP contribution in [0.15, 0.2) is 29.6 Å². The molecular formula is C26H35N3O4S. The lowest BCUT2D eigenvalue weighted by molar-refractivity contribution is 0.0247. The van der Waals surface area contributed by atoms with Crippen LogP contribution in [0.25, 0.3) is 10.6 Å². The van der Waals surface area contributed by atoms with Crippen LogP contribution in [-0.4, -0.2) is 46.4 Å². The summed E-state index contributed by atoms with van der Waals surface area (Å²) in [5, 5.41) is 15.5. The molecule has 1 aromatic carbocycles. The summed E-state index contributed by atoms with van der Waals surface area (Å²) in [5.41, 5.74) is 2.57. The molecular weight excluding hydrogens is 450 g/mol. The highest BCUT2D eigenvalue weighted by atomic mass is 32.1. The number of likely N-dealkylation sites (tertiary alicyclic amines) is 1. The summed E-state index contributed by atoms with van der Waals surface area (Å²) in [6, 6.07) is 7.58. The Morgan fingerprint density at radius 3 is 2.65 bits per heavy atom. The van der Waals surface area contributed by atoms with Crippen LogP contribution in [0.2, 0.25) is 0 Å². The zero-order valence-electron chi connectivity index (χ0n) is 20.3. The Kier molecular flexibility index (Phi) is 7.45. The third-order valence-corrected chi connectivity index (χ3v) is 7.99. The van der Waals surface area contributed by atoms with Gasteiger partial charge in [0.05, 0.1) is 18.0 Å². The third kappa shape index (κ3) is 5.71. The minimum atomic E-state index is -0.882. The molecule has 2 aromatic rings. The zero-order chi connectivity index (χ0) is 24.3. The van der Waals surface area contributed by atoms with Crippen molar-refractivity contribution in [3.05, 3.63) is 35.3 Å². The molecule has 2 amide bonds. The maximum Gasteiger partial charge on any atom is 0.411 e. The highest BCUT2D eigenvalue weighted by molar-refractivity contribution is 7.13. The molecule has 8 heteroatoms. The molecule has 2 unspecified atom stereocenters. The largest absolute Gasteiger partial charge is 0.465 e. The van der Waals surface area contributed by atoms with Gasteiger partial charge in [0.25, 0.3) is 0 Å². The predicted octanol–water partition coefficient (Wildman–Crippen LogP) is 6.82. The second kappa shape index (κ2) is 10.3. The molecule has 184 valence electrons. The summed E-state index contributed by atoms with van der Waals surface area (Å²) in [4.78, 5) is 30.7. The van der Waals surface area contributed by atoms with E-state index in [-0.39, 0.29) is 24.0 Å². The summed E-state index contributed by atoms with van der Waals surface area (Å²) < 4.78 is 5.59. The number of thiazole rings is 1. The van der Waals surface area contributed by atoms with Gasteiger partial charge in [-0.2, -0.15) is 0 Å². The quantitative estimate of drug-likeness (QED) is 0.485. The highest BCUT2D eigenvalue weighted by Crippen LogP contribution is 2.38. The van der Waals surface area contributed by atoms with Gasteiger partial charge in [-0.25, -0.2) is 14.6 Å². The minimum Gasteiger partial charge on any atom is -0.465 e. The van der Waals surface area contributed by atoms with E-state index in [1.165, 1.54) is 30.6 Å². The number of hydrogen-bond acceptors (Lipinski definition) is 5. The van der Waals surface area contributed by atoms with Gasteiger partial charge in [-0.1, -0.05) is 45.7 Å². The lowest BCUT2D eigenvalue weighted by Gasteiger charge is -2.44. The topological polar surface area (TPSA) is 91.8 Å². The minimum absolute atomic E-state index is 0.102. The Morgan fingerprint density at radius 2 is 1.94 bits per heavy atom. The van der Waals surface area contributed by atoms with Gasteiger partial charge < -0.3 is 14.7 Å². The number of carbonyl (C=O) groups excluding carboxylic acids is 1. The fraction of sp³-hybridized carbons (Fsp3) is 0.577. The number of ether oxygens (including phenoxy) is 1. The van der Waals surface area contributed by atoms with Crippen LogP contribution in [0, 0.1) is 11.3 Å². The number of hydrogen-bond donors (Lipinski definition) is 2. The molecule has 2 atom stereocenters. The van der Waals surface area contributed by atoms with E-state index in [4.69, 9.17) is 9.72 Å². The Bertz CT molecular complexity index is 1010. The number of nitrogens with zero attached hydrogens (tertiary/aromatic N) is 2. The number of nitrogens with one attached hydrogen (secondary N) is 1. The number of para-hydroxylation sites is 1. The smallest absolute Gasteiger partial charge is 0.411 e. The molecule has 1 aromatic heterocycles. The summed E-state index contributed by atoms with van der Waals surface area (Å²) in [7, 11) is 0. The van der Waals surface area contributed by atoms with Crippen molar-refractivity contribution in [2.75, 3.05) is 18.5 Å². The second-order valence-corrected chi connectivity index (χ2v) is 11.4. The fourth-order valence-electron chi connectivity index (χ4n) is 5.18. The lowest BCUT2D eigenvalue weighted by atomic mass is 9.77. The maximum absolute atomic E-state index is 12.6. The van der Waals surface area contributed by atoms with Crippen molar-refractivity contribution in [2.24, 2.45) is 11.3 Å². The Balaban J connectivity index is 1.36. The van der Waals surface area contributed by atoms with Crippen LogP contribution >= 0.6 is 11.3 Å². The van der Waals surface area contributed by atoms with Gasteiger partial charge >= 0.3 is 12.2 Å². The number of piperidine rings is 1. The van der Waals surface area contributed by atoms with Crippen molar-refractivity contribution in [1.82, 2.24) is 9.88 Å². The molecule has 0 radical (unpaired) electrons. The molecule has 1 saturated carbocycles. The summed E-state index contributed by atoms with van der Waals surface area (Å²) >= 11 is 1.62. The Labute approximate surface area is 205 Å². The van der Waals surface area contributed by atoms with E-state index in [1.807, 2.05) is 24.3 Å². The van der Waals surface area contributed by atoms with E-state index >= 15 is 0 Å². The van der Waals surface area contributed by atoms with Crippen molar-refractivity contribution in [3.63, 3.8) is 0 Å². The van der Waals surface area contributed by atoms with Crippen molar-refractivity contribution >= 4 is 29.2 Å². The monoisotopic (exact) mass is 485 g/mol. The summed E-state index contributed by atoms with van der Waals surface area (Å²) in [5.74, 6) is 0.688. The normalized spacial score (nSPS) is 21.4. The number of carboxylic acid groups (broad SMARTS) is 1. The van der Waals surface area contributed by atoms with Crippen LogP contribution in [0.1, 0.15) is 70.9 Å². The van der Waals surface area contributed by atoms with Gasteiger partial charge in [-0.05, 0) is 49.1 Å². The average molecular weight is 486 g/mol. The molecule has 1 aliphatic heterocycles. The van der Waals surface area contributed by atoms with Crippen LogP contribution in [0.5, 0.6) is 0 Å². The molecule has 2 heterocycles. The van der Waals surface area contributed by atoms with Gasteiger partial charge in [0.2, 0.25) is 0 Å². The molecule has 1 saturated heterocycles. The van der Waals surface area contributed by atoms with Gasteiger partial charge in [0, 0.05) is 29.4 Å². The maximum atomic E-state index is 12.6. The van der Waals surface area contributed by atoms with E-state index in [0.717, 1.165) is 16.3 Å². The van der Waals surface area contributed by atoms with Crippen molar-refractivity contribution in [1.29, 1.82) is 0 Å². The van der Waals surface area contributed by atoms with Gasteiger partial charge in [0.1, 0.15) is 5.01 Å². The van der Waals surface area contributed by atoms with Gasteiger partial charge in [-0.15, -0.1) is 11.3 Å². The number of carbonyl (C=O) groups is 2. The third-order valence-electron chi connectivity index (χ3n) is 7.10. The zero-order valence-corrected chi connectivity index (χ0v) is 21.1. The number of aromatic nitrogens is 1.